The lowest BCUT2D eigenvalue weighted by molar-refractivity contribution is -0.151. The number of nitrogens with zero attached hydrogens (tertiary/aromatic N) is 1. The monoisotopic (exact) mass is 404 g/mol. The van der Waals surface area contributed by atoms with Crippen molar-refractivity contribution in [1.82, 2.24) is 4.90 Å². The number of methoxy groups -OCH3 is 2. The van der Waals surface area contributed by atoms with Gasteiger partial charge in [-0.15, -0.1) is 0 Å². The predicted octanol–water partition coefficient (Wildman–Crippen LogP) is 2.37. The number of amides is 2. The summed E-state index contributed by atoms with van der Waals surface area (Å²) >= 11 is 0. The molecule has 1 heterocycles. The van der Waals surface area contributed by atoms with Gasteiger partial charge < -0.3 is 24.4 Å². The van der Waals surface area contributed by atoms with E-state index in [4.69, 9.17) is 14.2 Å². The first-order chi connectivity index (χ1) is 14.0. The number of hydrogen-bond acceptors (Lipinski definition) is 6. The second-order valence-electron chi connectivity index (χ2n) is 7.46. The summed E-state index contributed by atoms with van der Waals surface area (Å²) in [6.45, 7) is -0.0294. The van der Waals surface area contributed by atoms with Gasteiger partial charge in [-0.1, -0.05) is 19.3 Å². The summed E-state index contributed by atoms with van der Waals surface area (Å²) in [6.07, 6.45) is 5.61. The fraction of sp³-hybridized carbons (Fsp3) is 0.571. The van der Waals surface area contributed by atoms with Crippen LogP contribution in [-0.2, 0) is 19.1 Å². The van der Waals surface area contributed by atoms with Crippen LogP contribution in [0.15, 0.2) is 18.2 Å². The van der Waals surface area contributed by atoms with Crippen molar-refractivity contribution in [3.8, 4) is 11.5 Å². The summed E-state index contributed by atoms with van der Waals surface area (Å²) in [6, 6.07) is 5.22. The Balaban J connectivity index is 1.49. The Kier molecular flexibility index (Phi) is 6.95. The Morgan fingerprint density at radius 1 is 1.14 bits per heavy atom. The molecule has 1 N–H and O–H groups in total. The zero-order valence-electron chi connectivity index (χ0n) is 16.9. The van der Waals surface area contributed by atoms with Gasteiger partial charge in [0.2, 0.25) is 5.91 Å². The zero-order chi connectivity index (χ0) is 20.8. The van der Waals surface area contributed by atoms with E-state index in [2.05, 4.69) is 5.32 Å². The number of anilines is 1. The van der Waals surface area contributed by atoms with Crippen molar-refractivity contribution < 1.29 is 28.6 Å². The van der Waals surface area contributed by atoms with E-state index < -0.39 is 24.4 Å². The minimum atomic E-state index is -0.507. The summed E-state index contributed by atoms with van der Waals surface area (Å²) in [5.41, 5.74) is 0.453. The number of hydrogen-bond donors (Lipinski definition) is 1. The fourth-order valence-electron chi connectivity index (χ4n) is 3.98. The van der Waals surface area contributed by atoms with Crippen LogP contribution in [0.2, 0.25) is 0 Å². The Morgan fingerprint density at radius 3 is 2.59 bits per heavy atom. The lowest BCUT2D eigenvalue weighted by Gasteiger charge is -2.31. The highest BCUT2D eigenvalue weighted by Gasteiger charge is 2.39. The van der Waals surface area contributed by atoms with Gasteiger partial charge in [0.05, 0.1) is 25.8 Å². The first-order valence-corrected chi connectivity index (χ1v) is 9.99. The second kappa shape index (κ2) is 9.62. The Hall–Kier alpha value is -2.77. The first kappa shape index (κ1) is 21.0. The summed E-state index contributed by atoms with van der Waals surface area (Å²) in [4.78, 5) is 38.7. The van der Waals surface area contributed by atoms with Crippen LogP contribution in [0, 0.1) is 5.92 Å². The number of nitrogens with one attached hydrogen (secondary N) is 1. The number of esters is 1. The average molecular weight is 404 g/mol. The summed E-state index contributed by atoms with van der Waals surface area (Å²) < 4.78 is 15.5. The van der Waals surface area contributed by atoms with E-state index in [1.807, 2.05) is 4.90 Å². The number of carbonyl (C=O) groups excluding carboxylic acids is 3. The van der Waals surface area contributed by atoms with Crippen LogP contribution in [0.1, 0.15) is 38.5 Å². The summed E-state index contributed by atoms with van der Waals surface area (Å²) in [5.74, 6) is -0.448. The number of carbonyl (C=O) groups is 3. The van der Waals surface area contributed by atoms with Crippen LogP contribution in [0.4, 0.5) is 5.69 Å². The third-order valence-corrected chi connectivity index (χ3v) is 5.54. The molecule has 3 rings (SSSR count). The SMILES string of the molecule is COc1ccc(NC(=O)COC(=O)[C@H]2CC(=O)N(C3CCCCC3)C2)c(OC)c1. The third kappa shape index (κ3) is 5.19. The maximum Gasteiger partial charge on any atom is 0.311 e. The zero-order valence-corrected chi connectivity index (χ0v) is 16.9. The van der Waals surface area contributed by atoms with Gasteiger partial charge in [-0.2, -0.15) is 0 Å². The number of rotatable bonds is 7. The normalized spacial score (nSPS) is 19.7. The molecule has 158 valence electrons. The number of likely N-dealkylation sites (tertiary alicyclic amines) is 1. The molecule has 0 radical (unpaired) electrons. The van der Waals surface area contributed by atoms with Gasteiger partial charge in [0, 0.05) is 25.1 Å². The molecule has 1 saturated heterocycles. The van der Waals surface area contributed by atoms with Crippen molar-refractivity contribution in [2.24, 2.45) is 5.92 Å². The molecule has 1 aliphatic heterocycles. The standard InChI is InChI=1S/C21H28N2O6/c1-27-16-8-9-17(18(11-16)28-2)22-19(24)13-29-21(26)14-10-20(25)23(12-14)15-6-4-3-5-7-15/h8-9,11,14-15H,3-7,10,12-13H2,1-2H3,(H,22,24)/t14-/m0/s1. The molecule has 8 nitrogen and oxygen atoms in total. The van der Waals surface area contributed by atoms with Crippen molar-refractivity contribution in [2.75, 3.05) is 32.7 Å². The van der Waals surface area contributed by atoms with E-state index in [0.717, 1.165) is 25.7 Å². The van der Waals surface area contributed by atoms with Gasteiger partial charge in [0.1, 0.15) is 11.5 Å². The molecule has 1 aliphatic carbocycles. The van der Waals surface area contributed by atoms with Gasteiger partial charge >= 0.3 is 5.97 Å². The van der Waals surface area contributed by atoms with Gasteiger partial charge in [0.15, 0.2) is 6.61 Å². The van der Waals surface area contributed by atoms with Gasteiger partial charge in [0.25, 0.3) is 5.91 Å². The van der Waals surface area contributed by atoms with Crippen LogP contribution < -0.4 is 14.8 Å². The van der Waals surface area contributed by atoms with E-state index in [0.29, 0.717) is 23.7 Å². The van der Waals surface area contributed by atoms with E-state index in [1.54, 1.807) is 18.2 Å². The van der Waals surface area contributed by atoms with Crippen molar-refractivity contribution in [3.63, 3.8) is 0 Å². The van der Waals surface area contributed by atoms with Crippen LogP contribution >= 0.6 is 0 Å². The molecule has 2 aliphatic rings. The highest BCUT2D eigenvalue weighted by molar-refractivity contribution is 5.95. The maximum absolute atomic E-state index is 12.4. The lowest BCUT2D eigenvalue weighted by atomic mass is 9.94. The molecular formula is C21H28N2O6. The highest BCUT2D eigenvalue weighted by atomic mass is 16.5. The molecule has 29 heavy (non-hydrogen) atoms. The van der Waals surface area contributed by atoms with Crippen LogP contribution in [-0.4, -0.2) is 56.1 Å². The van der Waals surface area contributed by atoms with Crippen LogP contribution in [0.3, 0.4) is 0 Å². The van der Waals surface area contributed by atoms with E-state index >= 15 is 0 Å². The number of ether oxygens (including phenoxy) is 3. The molecule has 0 unspecified atom stereocenters. The molecule has 0 aromatic heterocycles. The van der Waals surface area contributed by atoms with Crippen molar-refractivity contribution in [3.05, 3.63) is 18.2 Å². The predicted molar refractivity (Wildman–Crippen MR) is 106 cm³/mol. The molecule has 1 aromatic carbocycles. The minimum absolute atomic E-state index is 0.00581. The van der Waals surface area contributed by atoms with Gasteiger partial charge in [-0.25, -0.2) is 0 Å². The summed E-state index contributed by atoms with van der Waals surface area (Å²) in [5, 5.41) is 2.65. The molecule has 1 saturated carbocycles. The van der Waals surface area contributed by atoms with Crippen LogP contribution in [0.5, 0.6) is 11.5 Å². The quantitative estimate of drug-likeness (QED) is 0.701. The Bertz CT molecular complexity index is 760. The minimum Gasteiger partial charge on any atom is -0.497 e. The van der Waals surface area contributed by atoms with Crippen molar-refractivity contribution >= 4 is 23.5 Å². The summed E-state index contributed by atoms with van der Waals surface area (Å²) in [7, 11) is 3.02. The molecule has 2 amide bonds. The molecular weight excluding hydrogens is 376 g/mol. The molecule has 8 heteroatoms. The molecule has 1 aromatic rings. The smallest absolute Gasteiger partial charge is 0.311 e. The number of benzene rings is 1. The van der Waals surface area contributed by atoms with E-state index in [1.165, 1.54) is 20.6 Å². The maximum atomic E-state index is 12.4. The van der Waals surface area contributed by atoms with E-state index in [-0.39, 0.29) is 18.4 Å². The van der Waals surface area contributed by atoms with Gasteiger partial charge in [-0.3, -0.25) is 14.4 Å². The Morgan fingerprint density at radius 2 is 1.90 bits per heavy atom. The van der Waals surface area contributed by atoms with Crippen molar-refractivity contribution in [1.29, 1.82) is 0 Å². The largest absolute Gasteiger partial charge is 0.497 e. The first-order valence-electron chi connectivity index (χ1n) is 9.99. The van der Waals surface area contributed by atoms with E-state index in [9.17, 15) is 14.4 Å². The molecule has 0 spiro atoms. The molecule has 1 atom stereocenters. The average Bonchev–Trinajstić information content (AvgIpc) is 3.14. The Labute approximate surface area is 170 Å². The topological polar surface area (TPSA) is 94.2 Å². The highest BCUT2D eigenvalue weighted by Crippen LogP contribution is 2.30. The van der Waals surface area contributed by atoms with Crippen LogP contribution in [0.25, 0.3) is 0 Å². The third-order valence-electron chi connectivity index (χ3n) is 5.54. The molecule has 0 bridgehead atoms. The van der Waals surface area contributed by atoms with Crippen molar-refractivity contribution in [2.45, 2.75) is 44.6 Å². The van der Waals surface area contributed by atoms with Gasteiger partial charge in [-0.05, 0) is 25.0 Å². The molecule has 2 fully saturated rings. The second-order valence-corrected chi connectivity index (χ2v) is 7.46. The fourth-order valence-corrected chi connectivity index (χ4v) is 3.98. The lowest BCUT2D eigenvalue weighted by Crippen LogP contribution is -2.38.